The summed E-state index contributed by atoms with van der Waals surface area (Å²) in [6, 6.07) is 8.08. The number of hydrogen-bond donors (Lipinski definition) is 2. The summed E-state index contributed by atoms with van der Waals surface area (Å²) in [6.45, 7) is 1.40. The van der Waals surface area contributed by atoms with Gasteiger partial charge < -0.3 is 15.2 Å². The van der Waals surface area contributed by atoms with Crippen molar-refractivity contribution in [2.75, 3.05) is 13.1 Å². The Bertz CT molecular complexity index is 740. The van der Waals surface area contributed by atoms with Crippen molar-refractivity contribution in [2.24, 2.45) is 5.92 Å². The molecule has 1 saturated heterocycles. The molecule has 1 aliphatic heterocycles. The van der Waals surface area contributed by atoms with Crippen molar-refractivity contribution in [1.29, 1.82) is 0 Å². The zero-order valence-corrected chi connectivity index (χ0v) is 13.0. The lowest BCUT2D eigenvalue weighted by molar-refractivity contribution is -0.123. The minimum Gasteiger partial charge on any atom is -0.360 e. The third-order valence-corrected chi connectivity index (χ3v) is 4.90. The Kier molecular flexibility index (Phi) is 3.56. The van der Waals surface area contributed by atoms with E-state index in [2.05, 4.69) is 10.3 Å². The SMILES string of the molecule is O=C(NC1CCN(C(=O)c2c[nH]c3ccccc23)CC1)C1CC1. The summed E-state index contributed by atoms with van der Waals surface area (Å²) >= 11 is 0. The van der Waals surface area contributed by atoms with Crippen molar-refractivity contribution < 1.29 is 9.59 Å². The average molecular weight is 311 g/mol. The van der Waals surface area contributed by atoms with E-state index in [1.165, 1.54) is 0 Å². The Labute approximate surface area is 135 Å². The molecule has 0 spiro atoms. The highest BCUT2D eigenvalue weighted by molar-refractivity contribution is 6.06. The summed E-state index contributed by atoms with van der Waals surface area (Å²) in [4.78, 5) is 29.6. The van der Waals surface area contributed by atoms with Crippen molar-refractivity contribution in [3.63, 3.8) is 0 Å². The molecule has 5 heteroatoms. The van der Waals surface area contributed by atoms with Gasteiger partial charge in [-0.2, -0.15) is 0 Å². The summed E-state index contributed by atoms with van der Waals surface area (Å²) in [5, 5.41) is 4.10. The first-order chi connectivity index (χ1) is 11.2. The fraction of sp³-hybridized carbons (Fsp3) is 0.444. The molecule has 5 nitrogen and oxygen atoms in total. The first kappa shape index (κ1) is 14.3. The van der Waals surface area contributed by atoms with Crippen LogP contribution in [0, 0.1) is 5.92 Å². The molecule has 0 radical (unpaired) electrons. The second-order valence-electron chi connectivity index (χ2n) is 6.60. The van der Waals surface area contributed by atoms with Crippen LogP contribution in [-0.2, 0) is 4.79 Å². The number of H-pyrrole nitrogens is 1. The second-order valence-corrected chi connectivity index (χ2v) is 6.60. The molecule has 120 valence electrons. The third-order valence-electron chi connectivity index (χ3n) is 4.90. The van der Waals surface area contributed by atoms with Gasteiger partial charge in [0.2, 0.25) is 5.91 Å². The van der Waals surface area contributed by atoms with Gasteiger partial charge >= 0.3 is 0 Å². The molecule has 2 N–H and O–H groups in total. The highest BCUT2D eigenvalue weighted by Crippen LogP contribution is 2.29. The number of amides is 2. The molecular weight excluding hydrogens is 290 g/mol. The monoisotopic (exact) mass is 311 g/mol. The zero-order chi connectivity index (χ0) is 15.8. The van der Waals surface area contributed by atoms with E-state index in [9.17, 15) is 9.59 Å². The third kappa shape index (κ3) is 2.83. The number of hydrogen-bond acceptors (Lipinski definition) is 2. The lowest BCUT2D eigenvalue weighted by Crippen LogP contribution is -2.46. The van der Waals surface area contributed by atoms with E-state index in [1.807, 2.05) is 29.2 Å². The predicted molar refractivity (Wildman–Crippen MR) is 88.1 cm³/mol. The van der Waals surface area contributed by atoms with Crippen LogP contribution in [0.4, 0.5) is 0 Å². The van der Waals surface area contributed by atoms with Gasteiger partial charge in [0.1, 0.15) is 0 Å². The number of aromatic nitrogens is 1. The van der Waals surface area contributed by atoms with Crippen LogP contribution < -0.4 is 5.32 Å². The molecule has 4 rings (SSSR count). The zero-order valence-electron chi connectivity index (χ0n) is 13.0. The Balaban J connectivity index is 1.39. The molecule has 1 aromatic heterocycles. The number of rotatable bonds is 3. The van der Waals surface area contributed by atoms with E-state index in [4.69, 9.17) is 0 Å². The molecule has 2 aliphatic rings. The van der Waals surface area contributed by atoms with Crippen molar-refractivity contribution >= 4 is 22.7 Å². The first-order valence-electron chi connectivity index (χ1n) is 8.38. The fourth-order valence-electron chi connectivity index (χ4n) is 3.31. The molecule has 1 aliphatic carbocycles. The maximum absolute atomic E-state index is 12.7. The molecule has 2 amide bonds. The minimum absolute atomic E-state index is 0.0782. The van der Waals surface area contributed by atoms with Gasteiger partial charge in [-0.15, -0.1) is 0 Å². The van der Waals surface area contributed by atoms with Gasteiger partial charge in [0.15, 0.2) is 0 Å². The van der Waals surface area contributed by atoms with Crippen LogP contribution in [0.1, 0.15) is 36.0 Å². The normalized spacial score (nSPS) is 19.0. The van der Waals surface area contributed by atoms with Gasteiger partial charge in [0.05, 0.1) is 5.56 Å². The Morgan fingerprint density at radius 2 is 1.83 bits per heavy atom. The number of likely N-dealkylation sites (tertiary alicyclic amines) is 1. The van der Waals surface area contributed by atoms with Crippen LogP contribution in [0.5, 0.6) is 0 Å². The molecule has 2 fully saturated rings. The predicted octanol–water partition coefficient (Wildman–Crippen LogP) is 2.30. The molecular formula is C18H21N3O2. The summed E-state index contributed by atoms with van der Waals surface area (Å²) in [7, 11) is 0. The van der Waals surface area contributed by atoms with Crippen molar-refractivity contribution in [3.05, 3.63) is 36.0 Å². The van der Waals surface area contributed by atoms with E-state index < -0.39 is 0 Å². The highest BCUT2D eigenvalue weighted by atomic mass is 16.2. The van der Waals surface area contributed by atoms with Crippen LogP contribution in [-0.4, -0.2) is 40.8 Å². The van der Waals surface area contributed by atoms with Gasteiger partial charge in [0, 0.05) is 42.1 Å². The van der Waals surface area contributed by atoms with E-state index in [0.29, 0.717) is 13.1 Å². The van der Waals surface area contributed by atoms with Crippen molar-refractivity contribution in [2.45, 2.75) is 31.7 Å². The average Bonchev–Trinajstić information content (AvgIpc) is 3.35. The topological polar surface area (TPSA) is 65.2 Å². The number of para-hydroxylation sites is 1. The summed E-state index contributed by atoms with van der Waals surface area (Å²) < 4.78 is 0. The highest BCUT2D eigenvalue weighted by Gasteiger charge is 2.32. The molecule has 1 aromatic carbocycles. The van der Waals surface area contributed by atoms with Gasteiger partial charge in [-0.05, 0) is 31.7 Å². The van der Waals surface area contributed by atoms with Gasteiger partial charge in [-0.25, -0.2) is 0 Å². The molecule has 0 atom stereocenters. The fourth-order valence-corrected chi connectivity index (χ4v) is 3.31. The molecule has 0 unspecified atom stereocenters. The number of carbonyl (C=O) groups excluding carboxylic acids is 2. The van der Waals surface area contributed by atoms with Crippen molar-refractivity contribution in [1.82, 2.24) is 15.2 Å². The van der Waals surface area contributed by atoms with Crippen LogP contribution in [0.2, 0.25) is 0 Å². The Morgan fingerprint density at radius 1 is 1.09 bits per heavy atom. The van der Waals surface area contributed by atoms with Gasteiger partial charge in [-0.3, -0.25) is 9.59 Å². The van der Waals surface area contributed by atoms with Crippen LogP contribution in [0.15, 0.2) is 30.5 Å². The van der Waals surface area contributed by atoms with Crippen molar-refractivity contribution in [3.8, 4) is 0 Å². The quantitative estimate of drug-likeness (QED) is 0.913. The number of aromatic amines is 1. The van der Waals surface area contributed by atoms with Gasteiger partial charge in [0.25, 0.3) is 5.91 Å². The lowest BCUT2D eigenvalue weighted by Gasteiger charge is -2.32. The summed E-state index contributed by atoms with van der Waals surface area (Å²) in [6.07, 6.45) is 5.54. The maximum atomic E-state index is 12.7. The second kappa shape index (κ2) is 5.72. The van der Waals surface area contributed by atoms with E-state index in [-0.39, 0.29) is 23.8 Å². The molecule has 0 bridgehead atoms. The lowest BCUT2D eigenvalue weighted by atomic mass is 10.0. The Morgan fingerprint density at radius 3 is 2.57 bits per heavy atom. The van der Waals surface area contributed by atoms with Crippen LogP contribution in [0.25, 0.3) is 10.9 Å². The number of benzene rings is 1. The molecule has 1 saturated carbocycles. The van der Waals surface area contributed by atoms with Gasteiger partial charge in [-0.1, -0.05) is 18.2 Å². The van der Waals surface area contributed by atoms with Crippen LogP contribution >= 0.6 is 0 Å². The Hall–Kier alpha value is -2.30. The largest absolute Gasteiger partial charge is 0.360 e. The van der Waals surface area contributed by atoms with E-state index in [1.54, 1.807) is 6.20 Å². The van der Waals surface area contributed by atoms with E-state index in [0.717, 1.165) is 42.1 Å². The number of piperidine rings is 1. The maximum Gasteiger partial charge on any atom is 0.256 e. The number of nitrogens with one attached hydrogen (secondary N) is 2. The number of nitrogens with zero attached hydrogens (tertiary/aromatic N) is 1. The van der Waals surface area contributed by atoms with Crippen LogP contribution in [0.3, 0.4) is 0 Å². The number of carbonyl (C=O) groups is 2. The summed E-state index contributed by atoms with van der Waals surface area (Å²) in [5.74, 6) is 0.529. The first-order valence-corrected chi connectivity index (χ1v) is 8.38. The molecule has 2 heterocycles. The number of fused-ring (bicyclic) bond motifs is 1. The summed E-state index contributed by atoms with van der Waals surface area (Å²) in [5.41, 5.74) is 1.73. The molecule has 2 aromatic rings. The molecule has 23 heavy (non-hydrogen) atoms. The standard InChI is InChI=1S/C18H21N3O2/c22-17(12-5-6-12)20-13-7-9-21(10-8-13)18(23)15-11-19-16-4-2-1-3-14(15)16/h1-4,11-13,19H,5-10H2,(H,20,22). The van der Waals surface area contributed by atoms with E-state index >= 15 is 0 Å². The smallest absolute Gasteiger partial charge is 0.256 e. The minimum atomic E-state index is 0.0782.